The van der Waals surface area contributed by atoms with Crippen molar-refractivity contribution >= 4 is 5.82 Å². The Labute approximate surface area is 130 Å². The van der Waals surface area contributed by atoms with Crippen molar-refractivity contribution < 1.29 is 4.39 Å². The van der Waals surface area contributed by atoms with E-state index in [1.807, 2.05) is 18.3 Å². The molecule has 2 atom stereocenters. The van der Waals surface area contributed by atoms with E-state index in [9.17, 15) is 4.39 Å². The van der Waals surface area contributed by atoms with Gasteiger partial charge in [0.25, 0.3) is 0 Å². The van der Waals surface area contributed by atoms with Gasteiger partial charge in [0.1, 0.15) is 17.5 Å². The summed E-state index contributed by atoms with van der Waals surface area (Å²) in [5.74, 6) is 2.82. The number of nitrogens with zero attached hydrogens (tertiary/aromatic N) is 3. The maximum Gasteiger partial charge on any atom is 0.133 e. The van der Waals surface area contributed by atoms with Crippen LogP contribution in [0.3, 0.4) is 0 Å². The van der Waals surface area contributed by atoms with Crippen LogP contribution >= 0.6 is 0 Å². The van der Waals surface area contributed by atoms with E-state index < -0.39 is 0 Å². The Bertz CT molecular complexity index is 684. The second kappa shape index (κ2) is 5.34. The largest absolute Gasteiger partial charge is 0.349 e. The minimum Gasteiger partial charge on any atom is -0.349 e. The zero-order valence-corrected chi connectivity index (χ0v) is 12.7. The molecule has 22 heavy (non-hydrogen) atoms. The summed E-state index contributed by atoms with van der Waals surface area (Å²) in [6.07, 6.45) is 5.37. The third kappa shape index (κ3) is 2.47. The van der Waals surface area contributed by atoms with Gasteiger partial charge in [0.05, 0.1) is 6.04 Å². The molecular weight excluding hydrogens is 277 g/mol. The Hall–Kier alpha value is -1.97. The quantitative estimate of drug-likeness (QED) is 0.854. The van der Waals surface area contributed by atoms with Crippen LogP contribution in [0.4, 0.5) is 10.2 Å². The standard InChI is InChI=1S/C18H20FN3/c1-12-8-10-22(17(12)14-3-2-4-15(19)11-14)16-7-9-20-18(21-16)13-5-6-13/h2-4,7,9,11-13,17H,5-6,8,10H2,1H3. The van der Waals surface area contributed by atoms with Crippen LogP contribution in [0, 0.1) is 11.7 Å². The molecule has 1 aromatic carbocycles. The number of anilines is 1. The number of halogens is 1. The van der Waals surface area contributed by atoms with Crippen LogP contribution in [-0.4, -0.2) is 16.5 Å². The summed E-state index contributed by atoms with van der Waals surface area (Å²) in [7, 11) is 0. The summed E-state index contributed by atoms with van der Waals surface area (Å²) in [6, 6.07) is 9.15. The van der Waals surface area contributed by atoms with Gasteiger partial charge in [-0.15, -0.1) is 0 Å². The third-order valence-electron chi connectivity index (χ3n) is 4.79. The average Bonchev–Trinajstić information content (AvgIpc) is 3.30. The van der Waals surface area contributed by atoms with Gasteiger partial charge < -0.3 is 4.90 Å². The molecule has 0 spiro atoms. The highest BCUT2D eigenvalue weighted by molar-refractivity contribution is 5.44. The van der Waals surface area contributed by atoms with Crippen molar-refractivity contribution in [3.05, 3.63) is 53.7 Å². The molecule has 0 bridgehead atoms. The average molecular weight is 297 g/mol. The fourth-order valence-electron chi connectivity index (χ4n) is 3.46. The Morgan fingerprint density at radius 1 is 1.18 bits per heavy atom. The SMILES string of the molecule is CC1CCN(c2ccnc(C3CC3)n2)C1c1cccc(F)c1. The van der Waals surface area contributed by atoms with E-state index in [0.29, 0.717) is 11.8 Å². The van der Waals surface area contributed by atoms with E-state index in [1.54, 1.807) is 12.1 Å². The molecule has 2 fully saturated rings. The molecule has 4 heteroatoms. The van der Waals surface area contributed by atoms with Crippen LogP contribution in [0.25, 0.3) is 0 Å². The van der Waals surface area contributed by atoms with Gasteiger partial charge in [0.15, 0.2) is 0 Å². The predicted molar refractivity (Wildman–Crippen MR) is 84.3 cm³/mol. The molecule has 114 valence electrons. The normalized spacial score (nSPS) is 24.7. The number of aromatic nitrogens is 2. The lowest BCUT2D eigenvalue weighted by Gasteiger charge is -2.28. The van der Waals surface area contributed by atoms with Gasteiger partial charge in [-0.2, -0.15) is 0 Å². The molecular formula is C18H20FN3. The van der Waals surface area contributed by atoms with E-state index >= 15 is 0 Å². The molecule has 0 N–H and O–H groups in total. The third-order valence-corrected chi connectivity index (χ3v) is 4.79. The van der Waals surface area contributed by atoms with Crippen LogP contribution in [0.15, 0.2) is 36.5 Å². The topological polar surface area (TPSA) is 29.0 Å². The van der Waals surface area contributed by atoms with Crippen LogP contribution in [0.1, 0.15) is 49.5 Å². The summed E-state index contributed by atoms with van der Waals surface area (Å²) in [5.41, 5.74) is 1.04. The van der Waals surface area contributed by atoms with Gasteiger partial charge in [0.2, 0.25) is 0 Å². The molecule has 3 nitrogen and oxygen atoms in total. The van der Waals surface area contributed by atoms with Crippen molar-refractivity contribution in [2.75, 3.05) is 11.4 Å². The lowest BCUT2D eigenvalue weighted by molar-refractivity contribution is 0.526. The maximum absolute atomic E-state index is 13.6. The monoisotopic (exact) mass is 297 g/mol. The van der Waals surface area contributed by atoms with Gasteiger partial charge in [-0.1, -0.05) is 19.1 Å². The summed E-state index contributed by atoms with van der Waals surface area (Å²) >= 11 is 0. The molecule has 2 heterocycles. The van der Waals surface area contributed by atoms with Gasteiger partial charge in [-0.05, 0) is 48.9 Å². The van der Waals surface area contributed by atoms with Gasteiger partial charge in [-0.3, -0.25) is 0 Å². The first-order valence-corrected chi connectivity index (χ1v) is 8.07. The Kier molecular flexibility index (Phi) is 3.32. The maximum atomic E-state index is 13.6. The molecule has 1 aliphatic carbocycles. The van der Waals surface area contributed by atoms with E-state index in [4.69, 9.17) is 4.98 Å². The molecule has 1 aromatic heterocycles. The van der Waals surface area contributed by atoms with Crippen LogP contribution in [0.2, 0.25) is 0 Å². The summed E-state index contributed by atoms with van der Waals surface area (Å²) in [4.78, 5) is 11.5. The second-order valence-electron chi connectivity index (χ2n) is 6.51. The molecule has 2 unspecified atom stereocenters. The Balaban J connectivity index is 1.69. The number of benzene rings is 1. The van der Waals surface area contributed by atoms with Gasteiger partial charge >= 0.3 is 0 Å². The van der Waals surface area contributed by atoms with Gasteiger partial charge in [0, 0.05) is 18.7 Å². The number of hydrogen-bond donors (Lipinski definition) is 0. The highest BCUT2D eigenvalue weighted by Gasteiger charge is 2.34. The fourth-order valence-corrected chi connectivity index (χ4v) is 3.46. The Morgan fingerprint density at radius 2 is 2.05 bits per heavy atom. The summed E-state index contributed by atoms with van der Waals surface area (Å²) < 4.78 is 13.6. The smallest absolute Gasteiger partial charge is 0.133 e. The molecule has 0 radical (unpaired) electrons. The highest BCUT2D eigenvalue weighted by atomic mass is 19.1. The van der Waals surface area contributed by atoms with Gasteiger partial charge in [-0.25, -0.2) is 14.4 Å². The van der Waals surface area contributed by atoms with E-state index in [0.717, 1.165) is 30.2 Å². The first-order chi connectivity index (χ1) is 10.7. The van der Waals surface area contributed by atoms with Crippen LogP contribution in [-0.2, 0) is 0 Å². The number of hydrogen-bond acceptors (Lipinski definition) is 3. The van der Waals surface area contributed by atoms with Crippen LogP contribution < -0.4 is 4.90 Å². The highest BCUT2D eigenvalue weighted by Crippen LogP contribution is 2.42. The van der Waals surface area contributed by atoms with Crippen molar-refractivity contribution in [1.82, 2.24) is 9.97 Å². The molecule has 1 aliphatic heterocycles. The van der Waals surface area contributed by atoms with Crippen molar-refractivity contribution in [3.63, 3.8) is 0 Å². The zero-order valence-electron chi connectivity index (χ0n) is 12.7. The molecule has 2 aliphatic rings. The summed E-state index contributed by atoms with van der Waals surface area (Å²) in [6.45, 7) is 3.20. The van der Waals surface area contributed by atoms with Crippen molar-refractivity contribution in [3.8, 4) is 0 Å². The zero-order chi connectivity index (χ0) is 15.1. The summed E-state index contributed by atoms with van der Waals surface area (Å²) in [5, 5.41) is 0. The Morgan fingerprint density at radius 3 is 2.82 bits per heavy atom. The fraction of sp³-hybridized carbons (Fsp3) is 0.444. The van der Waals surface area contributed by atoms with E-state index in [1.165, 1.54) is 18.9 Å². The number of rotatable bonds is 3. The molecule has 4 rings (SSSR count). The lowest BCUT2D eigenvalue weighted by Crippen LogP contribution is -2.26. The predicted octanol–water partition coefficient (Wildman–Crippen LogP) is 4.08. The van der Waals surface area contributed by atoms with Crippen molar-refractivity contribution in [2.45, 2.75) is 38.1 Å². The first kappa shape index (κ1) is 13.7. The lowest BCUT2D eigenvalue weighted by atomic mass is 9.95. The van der Waals surface area contributed by atoms with Crippen molar-refractivity contribution in [1.29, 1.82) is 0 Å². The van der Waals surface area contributed by atoms with E-state index in [2.05, 4.69) is 16.8 Å². The molecule has 1 saturated heterocycles. The second-order valence-corrected chi connectivity index (χ2v) is 6.51. The molecule has 2 aromatic rings. The minimum absolute atomic E-state index is 0.169. The van der Waals surface area contributed by atoms with Crippen molar-refractivity contribution in [2.24, 2.45) is 5.92 Å². The molecule has 0 amide bonds. The molecule has 1 saturated carbocycles. The first-order valence-electron chi connectivity index (χ1n) is 8.07. The van der Waals surface area contributed by atoms with Crippen LogP contribution in [0.5, 0.6) is 0 Å². The van der Waals surface area contributed by atoms with E-state index in [-0.39, 0.29) is 11.9 Å². The minimum atomic E-state index is -0.169.